The Kier molecular flexibility index (Phi) is 5.39. The summed E-state index contributed by atoms with van der Waals surface area (Å²) in [4.78, 5) is 23.9. The van der Waals surface area contributed by atoms with E-state index in [1.807, 2.05) is 17.2 Å². The van der Waals surface area contributed by atoms with Crippen molar-refractivity contribution in [2.24, 2.45) is 0 Å². The second-order valence-corrected chi connectivity index (χ2v) is 7.64. The van der Waals surface area contributed by atoms with E-state index in [1.165, 1.54) is 11.1 Å². The van der Waals surface area contributed by atoms with Gasteiger partial charge in [-0.1, -0.05) is 36.4 Å². The van der Waals surface area contributed by atoms with Crippen molar-refractivity contribution in [1.29, 1.82) is 0 Å². The molecule has 3 heterocycles. The van der Waals surface area contributed by atoms with E-state index < -0.39 is 0 Å². The van der Waals surface area contributed by atoms with Crippen LogP contribution in [0.3, 0.4) is 0 Å². The molecule has 27 heavy (non-hydrogen) atoms. The van der Waals surface area contributed by atoms with Gasteiger partial charge in [-0.25, -0.2) is 4.98 Å². The van der Waals surface area contributed by atoms with Crippen LogP contribution in [0, 0.1) is 6.92 Å². The molecule has 2 aromatic rings. The Morgan fingerprint density at radius 3 is 2.56 bits per heavy atom. The summed E-state index contributed by atoms with van der Waals surface area (Å²) in [6.07, 6.45) is 2.99. The van der Waals surface area contributed by atoms with Crippen molar-refractivity contribution in [2.75, 3.05) is 50.7 Å². The van der Waals surface area contributed by atoms with E-state index in [1.54, 1.807) is 0 Å². The van der Waals surface area contributed by atoms with Crippen molar-refractivity contribution in [1.82, 2.24) is 14.8 Å². The van der Waals surface area contributed by atoms with Gasteiger partial charge in [0, 0.05) is 38.9 Å². The average molecular weight is 364 g/mol. The molecule has 142 valence electrons. The van der Waals surface area contributed by atoms with Crippen LogP contribution >= 0.6 is 0 Å². The Balaban J connectivity index is 1.27. The van der Waals surface area contributed by atoms with Crippen LogP contribution in [0.4, 0.5) is 5.82 Å². The minimum atomic E-state index is 0.265. The summed E-state index contributed by atoms with van der Waals surface area (Å²) in [5.74, 6) is 1.87. The molecule has 2 aliphatic rings. The summed E-state index contributed by atoms with van der Waals surface area (Å²) < 4.78 is 0. The van der Waals surface area contributed by atoms with Gasteiger partial charge in [-0.2, -0.15) is 0 Å². The molecule has 0 N–H and O–H groups in total. The van der Waals surface area contributed by atoms with Gasteiger partial charge in [0.1, 0.15) is 5.82 Å². The van der Waals surface area contributed by atoms with Crippen LogP contribution in [-0.2, 0) is 4.79 Å². The summed E-state index contributed by atoms with van der Waals surface area (Å²) in [5.41, 5.74) is 2.59. The molecular formula is C22H28N4O. The highest BCUT2D eigenvalue weighted by Crippen LogP contribution is 2.27. The largest absolute Gasteiger partial charge is 0.353 e. The second kappa shape index (κ2) is 8.09. The van der Waals surface area contributed by atoms with Gasteiger partial charge >= 0.3 is 0 Å². The number of nitrogens with zero attached hydrogens (tertiary/aromatic N) is 4. The van der Waals surface area contributed by atoms with E-state index in [2.05, 4.69) is 58.1 Å². The molecule has 5 heteroatoms. The van der Waals surface area contributed by atoms with Crippen LogP contribution in [0.5, 0.6) is 0 Å². The van der Waals surface area contributed by atoms with Crippen LogP contribution in [0.1, 0.15) is 23.5 Å². The van der Waals surface area contributed by atoms with Gasteiger partial charge in [0.2, 0.25) is 5.91 Å². The van der Waals surface area contributed by atoms with Gasteiger partial charge in [0.25, 0.3) is 0 Å². The molecule has 1 amide bonds. The first-order chi connectivity index (χ1) is 13.2. The zero-order chi connectivity index (χ0) is 18.6. The molecule has 2 saturated heterocycles. The molecule has 0 aliphatic carbocycles. The zero-order valence-electron chi connectivity index (χ0n) is 16.1. The lowest BCUT2D eigenvalue weighted by Gasteiger charge is -2.36. The molecular weight excluding hydrogens is 336 g/mol. The van der Waals surface area contributed by atoms with Gasteiger partial charge in [-0.05, 0) is 43.0 Å². The molecule has 0 spiro atoms. The quantitative estimate of drug-likeness (QED) is 0.836. The number of carbonyl (C=O) groups excluding carboxylic acids is 1. The van der Waals surface area contributed by atoms with Gasteiger partial charge in [0.15, 0.2) is 0 Å². The number of hydrogen-bond acceptors (Lipinski definition) is 4. The number of pyridine rings is 1. The number of benzene rings is 1. The molecule has 1 atom stereocenters. The molecule has 0 radical (unpaired) electrons. The molecule has 0 bridgehead atoms. The maximum Gasteiger partial charge on any atom is 0.236 e. The maximum absolute atomic E-state index is 12.8. The highest BCUT2D eigenvalue weighted by molar-refractivity contribution is 5.78. The number of piperazine rings is 1. The SMILES string of the molecule is Cc1cccnc1N1CCN(C(=O)CN2CC[C@H](c3ccccc3)C2)CC1. The summed E-state index contributed by atoms with van der Waals surface area (Å²) in [6, 6.07) is 14.7. The third kappa shape index (κ3) is 4.14. The summed E-state index contributed by atoms with van der Waals surface area (Å²) in [5, 5.41) is 0. The standard InChI is InChI=1S/C22H28N4O/c1-18-6-5-10-23-22(18)26-14-12-25(13-15-26)21(27)17-24-11-9-20(16-24)19-7-3-2-4-8-19/h2-8,10,20H,9,11-17H2,1H3/t20-/m0/s1. The lowest BCUT2D eigenvalue weighted by atomic mass is 9.99. The van der Waals surface area contributed by atoms with Crippen molar-refractivity contribution >= 4 is 11.7 Å². The van der Waals surface area contributed by atoms with E-state index >= 15 is 0 Å². The number of aromatic nitrogens is 1. The van der Waals surface area contributed by atoms with Gasteiger partial charge in [-0.15, -0.1) is 0 Å². The highest BCUT2D eigenvalue weighted by atomic mass is 16.2. The Hall–Kier alpha value is -2.40. The third-order valence-electron chi connectivity index (χ3n) is 5.82. The summed E-state index contributed by atoms with van der Waals surface area (Å²) >= 11 is 0. The fourth-order valence-electron chi connectivity index (χ4n) is 4.24. The lowest BCUT2D eigenvalue weighted by molar-refractivity contribution is -0.132. The first-order valence-electron chi connectivity index (χ1n) is 9.92. The van der Waals surface area contributed by atoms with Crippen LogP contribution in [0.25, 0.3) is 0 Å². The van der Waals surface area contributed by atoms with E-state index in [4.69, 9.17) is 0 Å². The molecule has 0 saturated carbocycles. The number of rotatable bonds is 4. The summed E-state index contributed by atoms with van der Waals surface area (Å²) in [6.45, 7) is 7.92. The van der Waals surface area contributed by atoms with Crippen molar-refractivity contribution in [2.45, 2.75) is 19.3 Å². The number of likely N-dealkylation sites (tertiary alicyclic amines) is 1. The van der Waals surface area contributed by atoms with E-state index in [0.717, 1.165) is 51.5 Å². The first kappa shape index (κ1) is 18.0. The van der Waals surface area contributed by atoms with E-state index in [-0.39, 0.29) is 5.91 Å². The first-order valence-corrected chi connectivity index (χ1v) is 9.92. The smallest absolute Gasteiger partial charge is 0.236 e. The minimum absolute atomic E-state index is 0.265. The lowest BCUT2D eigenvalue weighted by Crippen LogP contribution is -2.51. The Morgan fingerprint density at radius 2 is 1.81 bits per heavy atom. The number of carbonyl (C=O) groups is 1. The Morgan fingerprint density at radius 1 is 1.04 bits per heavy atom. The van der Waals surface area contributed by atoms with Gasteiger partial charge in [0.05, 0.1) is 6.54 Å². The Labute approximate surface area is 161 Å². The monoisotopic (exact) mass is 364 g/mol. The summed E-state index contributed by atoms with van der Waals surface area (Å²) in [7, 11) is 0. The van der Waals surface area contributed by atoms with E-state index in [0.29, 0.717) is 12.5 Å². The average Bonchev–Trinajstić information content (AvgIpc) is 3.18. The van der Waals surface area contributed by atoms with Crippen LogP contribution in [0.15, 0.2) is 48.7 Å². The normalized spacial score (nSPS) is 20.9. The van der Waals surface area contributed by atoms with E-state index in [9.17, 15) is 4.79 Å². The number of hydrogen-bond donors (Lipinski definition) is 0. The highest BCUT2D eigenvalue weighted by Gasteiger charge is 2.28. The molecule has 1 aromatic heterocycles. The van der Waals surface area contributed by atoms with Crippen molar-refractivity contribution < 1.29 is 4.79 Å². The fraction of sp³-hybridized carbons (Fsp3) is 0.455. The van der Waals surface area contributed by atoms with Crippen LogP contribution in [0.2, 0.25) is 0 Å². The topological polar surface area (TPSA) is 39.7 Å². The minimum Gasteiger partial charge on any atom is -0.353 e. The fourth-order valence-corrected chi connectivity index (χ4v) is 4.24. The van der Waals surface area contributed by atoms with Crippen LogP contribution < -0.4 is 4.90 Å². The number of anilines is 1. The molecule has 0 unspecified atom stereocenters. The second-order valence-electron chi connectivity index (χ2n) is 7.64. The molecule has 2 aliphatic heterocycles. The van der Waals surface area contributed by atoms with Crippen molar-refractivity contribution in [3.05, 3.63) is 59.8 Å². The number of amides is 1. The Bertz CT molecular complexity index is 771. The van der Waals surface area contributed by atoms with Crippen LogP contribution in [-0.4, -0.2) is 66.5 Å². The zero-order valence-corrected chi connectivity index (χ0v) is 16.1. The number of aryl methyl sites for hydroxylation is 1. The molecule has 2 fully saturated rings. The van der Waals surface area contributed by atoms with Gasteiger partial charge in [-0.3, -0.25) is 9.69 Å². The molecule has 4 rings (SSSR count). The van der Waals surface area contributed by atoms with Crippen molar-refractivity contribution in [3.63, 3.8) is 0 Å². The van der Waals surface area contributed by atoms with Gasteiger partial charge < -0.3 is 9.80 Å². The molecule has 1 aromatic carbocycles. The maximum atomic E-state index is 12.8. The molecule has 5 nitrogen and oxygen atoms in total. The predicted octanol–water partition coefficient (Wildman–Crippen LogP) is 2.53. The third-order valence-corrected chi connectivity index (χ3v) is 5.82. The van der Waals surface area contributed by atoms with Crippen molar-refractivity contribution in [3.8, 4) is 0 Å². The predicted molar refractivity (Wildman–Crippen MR) is 108 cm³/mol.